The quantitative estimate of drug-likeness (QED) is 0.730. The molecular formula is C12H18F3NO2. The molecule has 1 spiro atoms. The van der Waals surface area contributed by atoms with Gasteiger partial charge in [0.15, 0.2) is 0 Å². The molecule has 0 amide bonds. The van der Waals surface area contributed by atoms with Gasteiger partial charge in [-0.2, -0.15) is 13.2 Å². The van der Waals surface area contributed by atoms with Gasteiger partial charge in [0.25, 0.3) is 0 Å². The van der Waals surface area contributed by atoms with Gasteiger partial charge in [-0.15, -0.1) is 0 Å². The molecular weight excluding hydrogens is 247 g/mol. The molecule has 1 heterocycles. The van der Waals surface area contributed by atoms with Crippen molar-refractivity contribution in [2.75, 3.05) is 26.2 Å². The first kappa shape index (κ1) is 13.6. The van der Waals surface area contributed by atoms with Crippen LogP contribution in [-0.2, 0) is 9.53 Å². The number of ether oxygens (including phenoxy) is 1. The number of esters is 1. The maximum Gasteiger partial charge on any atom is 0.401 e. The Morgan fingerprint density at radius 1 is 1.39 bits per heavy atom. The molecule has 0 radical (unpaired) electrons. The van der Waals surface area contributed by atoms with Crippen LogP contribution in [-0.4, -0.2) is 43.3 Å². The Kier molecular flexibility index (Phi) is 3.58. The number of carbonyl (C=O) groups is 1. The van der Waals surface area contributed by atoms with Crippen molar-refractivity contribution in [3.8, 4) is 0 Å². The molecule has 0 unspecified atom stereocenters. The highest BCUT2D eigenvalue weighted by Gasteiger charge is 2.54. The largest absolute Gasteiger partial charge is 0.466 e. The van der Waals surface area contributed by atoms with E-state index >= 15 is 0 Å². The average molecular weight is 265 g/mol. The van der Waals surface area contributed by atoms with Gasteiger partial charge in [-0.1, -0.05) is 0 Å². The van der Waals surface area contributed by atoms with Crippen LogP contribution >= 0.6 is 0 Å². The number of alkyl halides is 3. The van der Waals surface area contributed by atoms with Gasteiger partial charge < -0.3 is 4.74 Å². The molecule has 1 aliphatic carbocycles. The van der Waals surface area contributed by atoms with E-state index in [-0.39, 0.29) is 11.4 Å². The number of hydrogen-bond acceptors (Lipinski definition) is 3. The van der Waals surface area contributed by atoms with Crippen molar-refractivity contribution in [2.45, 2.75) is 32.4 Å². The zero-order valence-electron chi connectivity index (χ0n) is 10.4. The standard InChI is InChI=1S/C12H18F3NO2/c1-2-18-10(17)3-9-4-11(5-9)6-16(7-11)8-12(13,14)15/h9H,2-8H2,1H3. The van der Waals surface area contributed by atoms with E-state index in [4.69, 9.17) is 4.74 Å². The highest BCUT2D eigenvalue weighted by atomic mass is 19.4. The third kappa shape index (κ3) is 3.16. The topological polar surface area (TPSA) is 29.5 Å². The van der Waals surface area contributed by atoms with Crippen LogP contribution < -0.4 is 0 Å². The van der Waals surface area contributed by atoms with E-state index in [9.17, 15) is 18.0 Å². The number of halogens is 3. The lowest BCUT2D eigenvalue weighted by Crippen LogP contribution is -2.63. The Hall–Kier alpha value is -0.780. The molecule has 1 saturated carbocycles. The number of likely N-dealkylation sites (tertiary alicyclic amines) is 1. The van der Waals surface area contributed by atoms with Gasteiger partial charge in [-0.25, -0.2) is 0 Å². The predicted octanol–water partition coefficient (Wildman–Crippen LogP) is 2.21. The number of hydrogen-bond donors (Lipinski definition) is 0. The molecule has 0 aromatic rings. The van der Waals surface area contributed by atoms with E-state index in [0.717, 1.165) is 12.8 Å². The molecule has 1 aliphatic heterocycles. The van der Waals surface area contributed by atoms with Crippen molar-refractivity contribution >= 4 is 5.97 Å². The first-order chi connectivity index (χ1) is 8.32. The summed E-state index contributed by atoms with van der Waals surface area (Å²) in [6.07, 6.45) is -1.97. The Labute approximate surface area is 104 Å². The normalized spacial score (nSPS) is 23.6. The minimum absolute atomic E-state index is 0.0579. The predicted molar refractivity (Wildman–Crippen MR) is 58.9 cm³/mol. The summed E-state index contributed by atoms with van der Waals surface area (Å²) in [6.45, 7) is 2.38. The van der Waals surface area contributed by atoms with E-state index in [1.54, 1.807) is 6.92 Å². The molecule has 0 aromatic heterocycles. The van der Waals surface area contributed by atoms with E-state index < -0.39 is 12.7 Å². The molecule has 0 aromatic carbocycles. The number of carbonyl (C=O) groups excluding carboxylic acids is 1. The fourth-order valence-corrected chi connectivity index (χ4v) is 3.29. The lowest BCUT2D eigenvalue weighted by atomic mass is 9.57. The Morgan fingerprint density at radius 2 is 2.00 bits per heavy atom. The highest BCUT2D eigenvalue weighted by molar-refractivity contribution is 5.69. The molecule has 104 valence electrons. The summed E-state index contributed by atoms with van der Waals surface area (Å²) < 4.78 is 41.3. The van der Waals surface area contributed by atoms with Crippen molar-refractivity contribution in [3.05, 3.63) is 0 Å². The number of rotatable bonds is 4. The summed E-state index contributed by atoms with van der Waals surface area (Å²) >= 11 is 0. The van der Waals surface area contributed by atoms with Crippen LogP contribution in [0.2, 0.25) is 0 Å². The molecule has 2 rings (SSSR count). The van der Waals surface area contributed by atoms with Crippen molar-refractivity contribution in [2.24, 2.45) is 11.3 Å². The molecule has 2 fully saturated rings. The minimum Gasteiger partial charge on any atom is -0.466 e. The van der Waals surface area contributed by atoms with Crippen molar-refractivity contribution < 1.29 is 22.7 Å². The van der Waals surface area contributed by atoms with Gasteiger partial charge in [0.05, 0.1) is 13.2 Å². The SMILES string of the molecule is CCOC(=O)CC1CC2(C1)CN(CC(F)(F)F)C2. The molecule has 3 nitrogen and oxygen atoms in total. The molecule has 18 heavy (non-hydrogen) atoms. The Morgan fingerprint density at radius 3 is 2.50 bits per heavy atom. The zero-order valence-corrected chi connectivity index (χ0v) is 10.4. The van der Waals surface area contributed by atoms with Gasteiger partial charge in [0.1, 0.15) is 0 Å². The fourth-order valence-electron chi connectivity index (χ4n) is 3.29. The highest BCUT2D eigenvalue weighted by Crippen LogP contribution is 2.53. The third-order valence-electron chi connectivity index (χ3n) is 3.72. The van der Waals surface area contributed by atoms with Crippen molar-refractivity contribution in [1.82, 2.24) is 4.90 Å². The maximum absolute atomic E-state index is 12.1. The van der Waals surface area contributed by atoms with Crippen LogP contribution in [0, 0.1) is 11.3 Å². The van der Waals surface area contributed by atoms with Gasteiger partial charge in [-0.3, -0.25) is 9.69 Å². The van der Waals surface area contributed by atoms with Crippen LogP contribution in [0.4, 0.5) is 13.2 Å². The lowest BCUT2D eigenvalue weighted by molar-refractivity contribution is -0.187. The first-order valence-electron chi connectivity index (χ1n) is 6.27. The smallest absolute Gasteiger partial charge is 0.401 e. The summed E-state index contributed by atoms with van der Waals surface area (Å²) in [5.74, 6) is 0.112. The fraction of sp³-hybridized carbons (Fsp3) is 0.917. The second-order valence-electron chi connectivity index (χ2n) is 5.54. The van der Waals surface area contributed by atoms with Gasteiger partial charge in [0, 0.05) is 19.5 Å². The maximum atomic E-state index is 12.1. The minimum atomic E-state index is -4.10. The summed E-state index contributed by atoms with van der Waals surface area (Å²) in [5, 5.41) is 0. The monoisotopic (exact) mass is 265 g/mol. The average Bonchev–Trinajstić information content (AvgIpc) is 2.09. The molecule has 0 bridgehead atoms. The van der Waals surface area contributed by atoms with E-state index in [1.165, 1.54) is 4.90 Å². The Balaban J connectivity index is 1.64. The molecule has 0 atom stereocenters. The van der Waals surface area contributed by atoms with Crippen LogP contribution in [0.3, 0.4) is 0 Å². The van der Waals surface area contributed by atoms with Crippen molar-refractivity contribution in [3.63, 3.8) is 0 Å². The lowest BCUT2D eigenvalue weighted by Gasteiger charge is -2.59. The third-order valence-corrected chi connectivity index (χ3v) is 3.72. The molecule has 0 N–H and O–H groups in total. The molecule has 6 heteroatoms. The second kappa shape index (κ2) is 4.72. The summed E-state index contributed by atoms with van der Waals surface area (Å²) in [5.41, 5.74) is 0.0579. The molecule has 2 aliphatic rings. The first-order valence-corrected chi connectivity index (χ1v) is 6.27. The Bertz CT molecular complexity index is 316. The van der Waals surface area contributed by atoms with Crippen LogP contribution in [0.25, 0.3) is 0 Å². The number of nitrogens with zero attached hydrogens (tertiary/aromatic N) is 1. The van der Waals surface area contributed by atoms with Gasteiger partial charge in [-0.05, 0) is 31.1 Å². The van der Waals surface area contributed by atoms with Crippen LogP contribution in [0.5, 0.6) is 0 Å². The van der Waals surface area contributed by atoms with E-state index in [0.29, 0.717) is 32.0 Å². The van der Waals surface area contributed by atoms with Gasteiger partial charge >= 0.3 is 12.1 Å². The van der Waals surface area contributed by atoms with E-state index in [1.807, 2.05) is 0 Å². The summed E-state index contributed by atoms with van der Waals surface area (Å²) in [6, 6.07) is 0. The molecule has 1 saturated heterocycles. The van der Waals surface area contributed by atoms with Crippen LogP contribution in [0.1, 0.15) is 26.2 Å². The summed E-state index contributed by atoms with van der Waals surface area (Å²) in [7, 11) is 0. The van der Waals surface area contributed by atoms with E-state index in [2.05, 4.69) is 0 Å². The zero-order chi connectivity index (χ0) is 13.4. The van der Waals surface area contributed by atoms with Crippen molar-refractivity contribution in [1.29, 1.82) is 0 Å². The summed E-state index contributed by atoms with van der Waals surface area (Å²) in [4.78, 5) is 12.7. The second-order valence-corrected chi connectivity index (χ2v) is 5.54. The van der Waals surface area contributed by atoms with Gasteiger partial charge in [0.2, 0.25) is 0 Å². The van der Waals surface area contributed by atoms with Crippen LogP contribution in [0.15, 0.2) is 0 Å².